The van der Waals surface area contributed by atoms with Crippen LogP contribution in [0.1, 0.15) is 36.8 Å². The van der Waals surface area contributed by atoms with Gasteiger partial charge in [-0.2, -0.15) is 0 Å². The molecule has 0 atom stereocenters. The van der Waals surface area contributed by atoms with E-state index < -0.39 is 0 Å². The Hall–Kier alpha value is -1.28. The molecule has 1 N–H and O–H groups in total. The minimum Gasteiger partial charge on any atom is -0.496 e. The lowest BCUT2D eigenvalue weighted by atomic mass is 9.77. The lowest BCUT2D eigenvalue weighted by Crippen LogP contribution is -2.37. The second kappa shape index (κ2) is 5.01. The fraction of sp³-hybridized carbons (Fsp3) is 0.529. The van der Waals surface area contributed by atoms with Crippen LogP contribution < -0.4 is 10.1 Å². The van der Waals surface area contributed by atoms with E-state index in [1.807, 2.05) is 0 Å². The van der Waals surface area contributed by atoms with Crippen LogP contribution in [0, 0.1) is 6.92 Å². The predicted octanol–water partition coefficient (Wildman–Crippen LogP) is 3.34. The normalized spacial score (nSPS) is 20.7. The summed E-state index contributed by atoms with van der Waals surface area (Å²) >= 11 is 0. The number of aryl methyl sites for hydroxylation is 1. The van der Waals surface area contributed by atoms with Crippen LogP contribution in [0.15, 0.2) is 30.4 Å². The lowest BCUT2D eigenvalue weighted by molar-refractivity contribution is 0.397. The third-order valence-corrected chi connectivity index (χ3v) is 4.51. The summed E-state index contributed by atoms with van der Waals surface area (Å²) in [5.41, 5.74) is 2.86. The van der Waals surface area contributed by atoms with E-state index in [4.69, 9.17) is 4.74 Å². The maximum atomic E-state index is 5.49. The molecule has 0 heterocycles. The molecule has 1 aromatic rings. The Balaban J connectivity index is 1.85. The molecule has 1 saturated carbocycles. The number of hydrogen-bond donors (Lipinski definition) is 1. The Labute approximate surface area is 115 Å². The van der Waals surface area contributed by atoms with Gasteiger partial charge in [0.1, 0.15) is 5.75 Å². The zero-order valence-corrected chi connectivity index (χ0v) is 11.9. The summed E-state index contributed by atoms with van der Waals surface area (Å²) in [4.78, 5) is 0. The van der Waals surface area contributed by atoms with Gasteiger partial charge in [0.2, 0.25) is 0 Å². The molecule has 1 fully saturated rings. The number of ether oxygens (including phenoxy) is 1. The summed E-state index contributed by atoms with van der Waals surface area (Å²) in [6, 6.07) is 7.46. The first-order valence-electron chi connectivity index (χ1n) is 7.27. The second-order valence-corrected chi connectivity index (χ2v) is 6.00. The van der Waals surface area contributed by atoms with Crippen molar-refractivity contribution in [3.63, 3.8) is 0 Å². The van der Waals surface area contributed by atoms with Gasteiger partial charge in [0, 0.05) is 18.0 Å². The van der Waals surface area contributed by atoms with Gasteiger partial charge in [-0.25, -0.2) is 0 Å². The predicted molar refractivity (Wildman–Crippen MR) is 78.8 cm³/mol. The number of methoxy groups -OCH3 is 1. The Morgan fingerprint density at radius 1 is 1.26 bits per heavy atom. The molecule has 1 aromatic carbocycles. The van der Waals surface area contributed by atoms with Crippen molar-refractivity contribution in [1.29, 1.82) is 0 Å². The molecule has 19 heavy (non-hydrogen) atoms. The number of hydrogen-bond acceptors (Lipinski definition) is 2. The molecule has 0 bridgehead atoms. The van der Waals surface area contributed by atoms with Gasteiger partial charge < -0.3 is 10.1 Å². The third-order valence-electron chi connectivity index (χ3n) is 4.51. The molecular weight excluding hydrogens is 234 g/mol. The van der Waals surface area contributed by atoms with E-state index in [0.717, 1.165) is 31.2 Å². The van der Waals surface area contributed by atoms with Crippen LogP contribution >= 0.6 is 0 Å². The van der Waals surface area contributed by atoms with Gasteiger partial charge in [-0.3, -0.25) is 0 Å². The summed E-state index contributed by atoms with van der Waals surface area (Å²) in [5, 5.41) is 3.71. The van der Waals surface area contributed by atoms with Gasteiger partial charge in [0.05, 0.1) is 7.11 Å². The summed E-state index contributed by atoms with van der Waals surface area (Å²) in [5.74, 6) is 1.01. The molecule has 0 radical (unpaired) electrons. The first-order chi connectivity index (χ1) is 9.23. The summed E-state index contributed by atoms with van der Waals surface area (Å²) in [7, 11) is 1.76. The van der Waals surface area contributed by atoms with Crippen LogP contribution in [-0.4, -0.2) is 19.7 Å². The van der Waals surface area contributed by atoms with Gasteiger partial charge in [0.15, 0.2) is 0 Å². The summed E-state index contributed by atoms with van der Waals surface area (Å²) < 4.78 is 5.49. The van der Waals surface area contributed by atoms with E-state index in [2.05, 4.69) is 42.6 Å². The highest BCUT2D eigenvalue weighted by molar-refractivity contribution is 5.42. The topological polar surface area (TPSA) is 21.3 Å². The second-order valence-electron chi connectivity index (χ2n) is 6.00. The molecule has 2 aliphatic carbocycles. The first kappa shape index (κ1) is 12.7. The average molecular weight is 257 g/mol. The summed E-state index contributed by atoms with van der Waals surface area (Å²) in [6.45, 7) is 3.18. The number of benzene rings is 1. The Kier molecular flexibility index (Phi) is 3.36. The molecule has 102 valence electrons. The van der Waals surface area contributed by atoms with E-state index in [9.17, 15) is 0 Å². The molecule has 2 heteroatoms. The summed E-state index contributed by atoms with van der Waals surface area (Å²) in [6.07, 6.45) is 9.61. The zero-order valence-electron chi connectivity index (χ0n) is 11.9. The highest BCUT2D eigenvalue weighted by atomic mass is 16.5. The van der Waals surface area contributed by atoms with Crippen LogP contribution in [0.4, 0.5) is 0 Å². The molecule has 2 nitrogen and oxygen atoms in total. The number of rotatable bonds is 5. The smallest absolute Gasteiger partial charge is 0.122 e. The Morgan fingerprint density at radius 2 is 2.00 bits per heavy atom. The minimum atomic E-state index is 0.240. The van der Waals surface area contributed by atoms with E-state index in [1.165, 1.54) is 24.0 Å². The maximum absolute atomic E-state index is 5.49. The van der Waals surface area contributed by atoms with E-state index >= 15 is 0 Å². The van der Waals surface area contributed by atoms with Gasteiger partial charge in [-0.1, -0.05) is 24.3 Å². The molecule has 0 spiro atoms. The molecule has 2 aliphatic rings. The van der Waals surface area contributed by atoms with E-state index in [0.29, 0.717) is 0 Å². The van der Waals surface area contributed by atoms with E-state index in [-0.39, 0.29) is 5.41 Å². The molecular formula is C17H23NO. The third kappa shape index (κ3) is 2.55. The van der Waals surface area contributed by atoms with Crippen LogP contribution in [0.25, 0.3) is 0 Å². The van der Waals surface area contributed by atoms with Crippen molar-refractivity contribution in [2.24, 2.45) is 0 Å². The number of nitrogens with one attached hydrogen (secondary N) is 1. The molecule has 0 saturated heterocycles. The first-order valence-corrected chi connectivity index (χ1v) is 7.27. The van der Waals surface area contributed by atoms with Crippen LogP contribution in [0.5, 0.6) is 5.75 Å². The Bertz CT molecular complexity index is 480. The number of allylic oxidation sites excluding steroid dienone is 2. The maximum Gasteiger partial charge on any atom is 0.122 e. The van der Waals surface area contributed by atoms with Crippen LogP contribution in [-0.2, 0) is 5.41 Å². The van der Waals surface area contributed by atoms with Crippen molar-refractivity contribution in [1.82, 2.24) is 5.32 Å². The van der Waals surface area contributed by atoms with Crippen molar-refractivity contribution >= 4 is 0 Å². The van der Waals surface area contributed by atoms with Gasteiger partial charge in [-0.05, 0) is 49.8 Å². The van der Waals surface area contributed by atoms with Gasteiger partial charge in [-0.15, -0.1) is 0 Å². The standard InChI is InChI=1S/C17H23NO/c1-13-5-6-14(11-16(13)19-2)17(9-3-4-10-17)12-18-15-7-8-15/h3-6,11,15,18H,7-10,12H2,1-2H3. The fourth-order valence-electron chi connectivity index (χ4n) is 2.96. The quantitative estimate of drug-likeness (QED) is 0.817. The van der Waals surface area contributed by atoms with Crippen molar-refractivity contribution in [2.45, 2.75) is 44.1 Å². The molecule has 0 amide bonds. The SMILES string of the molecule is COc1cc(C2(CNC3CC3)CC=CC2)ccc1C. The molecule has 0 aliphatic heterocycles. The molecule has 0 aromatic heterocycles. The highest BCUT2D eigenvalue weighted by Crippen LogP contribution is 2.39. The van der Waals surface area contributed by atoms with Crippen molar-refractivity contribution in [2.75, 3.05) is 13.7 Å². The van der Waals surface area contributed by atoms with Crippen LogP contribution in [0.2, 0.25) is 0 Å². The van der Waals surface area contributed by atoms with E-state index in [1.54, 1.807) is 7.11 Å². The van der Waals surface area contributed by atoms with Crippen molar-refractivity contribution < 1.29 is 4.74 Å². The fourth-order valence-corrected chi connectivity index (χ4v) is 2.96. The average Bonchev–Trinajstić information content (AvgIpc) is 3.14. The minimum absolute atomic E-state index is 0.240. The molecule has 0 unspecified atom stereocenters. The largest absolute Gasteiger partial charge is 0.496 e. The van der Waals surface area contributed by atoms with Gasteiger partial charge in [0.25, 0.3) is 0 Å². The van der Waals surface area contributed by atoms with Gasteiger partial charge >= 0.3 is 0 Å². The highest BCUT2D eigenvalue weighted by Gasteiger charge is 2.35. The lowest BCUT2D eigenvalue weighted by Gasteiger charge is -2.31. The zero-order chi connectivity index (χ0) is 13.3. The Morgan fingerprint density at radius 3 is 2.63 bits per heavy atom. The van der Waals surface area contributed by atoms with Crippen LogP contribution in [0.3, 0.4) is 0 Å². The van der Waals surface area contributed by atoms with Crippen molar-refractivity contribution in [3.05, 3.63) is 41.5 Å². The monoisotopic (exact) mass is 257 g/mol. The molecule has 3 rings (SSSR count). The van der Waals surface area contributed by atoms with Crippen molar-refractivity contribution in [3.8, 4) is 5.75 Å².